The normalized spacial score (nSPS) is 17.4. The van der Waals surface area contributed by atoms with Crippen molar-refractivity contribution in [3.8, 4) is 0 Å². The smallest absolute Gasteiger partial charge is 0.361 e. The second kappa shape index (κ2) is 4.97. The number of nitro groups is 1. The summed E-state index contributed by atoms with van der Waals surface area (Å²) in [5, 5.41) is 10.9. The molecule has 0 aliphatic carbocycles. The van der Waals surface area contributed by atoms with Gasteiger partial charge in [-0.25, -0.2) is 0 Å². The second-order valence-electron chi connectivity index (χ2n) is 3.79. The van der Waals surface area contributed by atoms with Crippen LogP contribution in [-0.4, -0.2) is 29.1 Å². The molecule has 1 atom stereocenters. The quantitative estimate of drug-likeness (QED) is 0.347. The van der Waals surface area contributed by atoms with E-state index in [0.717, 1.165) is 0 Å². The molecule has 0 bridgehead atoms. The zero-order valence-corrected chi connectivity index (χ0v) is 10.0. The van der Waals surface area contributed by atoms with Crippen LogP contribution >= 0.6 is 0 Å². The Morgan fingerprint density at radius 3 is 2.79 bits per heavy atom. The Morgan fingerprint density at radius 1 is 1.47 bits per heavy atom. The third-order valence-electron chi connectivity index (χ3n) is 2.63. The lowest BCUT2D eigenvalue weighted by Gasteiger charge is -2.15. The SMILES string of the molecule is CCOC(=O)C1C(=O)c2ccccc2N=C1[N+](=O)[O-]. The molecule has 0 amide bonds. The van der Waals surface area contributed by atoms with Crippen LogP contribution in [0.2, 0.25) is 0 Å². The number of para-hydroxylation sites is 1. The van der Waals surface area contributed by atoms with Crippen LogP contribution in [0.3, 0.4) is 0 Å². The molecule has 0 radical (unpaired) electrons. The van der Waals surface area contributed by atoms with E-state index in [9.17, 15) is 19.7 Å². The number of ether oxygens (including phenoxy) is 1. The number of benzene rings is 1. The summed E-state index contributed by atoms with van der Waals surface area (Å²) in [6, 6.07) is 6.17. The predicted octanol–water partition coefficient (Wildman–Crippen LogP) is 1.37. The zero-order valence-electron chi connectivity index (χ0n) is 10.0. The number of rotatable bonds is 2. The highest BCUT2D eigenvalue weighted by atomic mass is 16.6. The number of Topliss-reactive ketones (excluding diaryl/α,β-unsaturated/α-hetero) is 1. The minimum Gasteiger partial charge on any atom is -0.465 e. The maximum absolute atomic E-state index is 12.2. The maximum Gasteiger partial charge on any atom is 0.361 e. The molecule has 7 heteroatoms. The minimum absolute atomic E-state index is 0.0370. The molecule has 1 aliphatic rings. The Hall–Kier alpha value is -2.57. The first-order valence-electron chi connectivity index (χ1n) is 5.59. The fourth-order valence-corrected chi connectivity index (χ4v) is 1.82. The third-order valence-corrected chi connectivity index (χ3v) is 2.63. The monoisotopic (exact) mass is 262 g/mol. The Bertz CT molecular complexity index is 594. The minimum atomic E-state index is -1.59. The Morgan fingerprint density at radius 2 is 2.16 bits per heavy atom. The van der Waals surface area contributed by atoms with Crippen LogP contribution in [0.25, 0.3) is 0 Å². The second-order valence-corrected chi connectivity index (χ2v) is 3.79. The first-order valence-corrected chi connectivity index (χ1v) is 5.59. The molecule has 1 aromatic carbocycles. The van der Waals surface area contributed by atoms with Crippen molar-refractivity contribution in [1.82, 2.24) is 0 Å². The highest BCUT2D eigenvalue weighted by molar-refractivity contribution is 6.25. The van der Waals surface area contributed by atoms with E-state index in [1.807, 2.05) is 0 Å². The van der Waals surface area contributed by atoms with Crippen LogP contribution < -0.4 is 0 Å². The summed E-state index contributed by atoms with van der Waals surface area (Å²) in [4.78, 5) is 37.8. The van der Waals surface area contributed by atoms with Crippen LogP contribution in [-0.2, 0) is 9.53 Å². The average molecular weight is 262 g/mol. The lowest BCUT2D eigenvalue weighted by Crippen LogP contribution is -2.39. The van der Waals surface area contributed by atoms with Crippen LogP contribution in [0.15, 0.2) is 29.3 Å². The van der Waals surface area contributed by atoms with Crippen LogP contribution in [0.5, 0.6) is 0 Å². The topological polar surface area (TPSA) is 98.9 Å². The van der Waals surface area contributed by atoms with Gasteiger partial charge < -0.3 is 14.9 Å². The van der Waals surface area contributed by atoms with E-state index in [2.05, 4.69) is 4.99 Å². The van der Waals surface area contributed by atoms with Crippen LogP contribution in [0.1, 0.15) is 17.3 Å². The van der Waals surface area contributed by atoms with Gasteiger partial charge in [-0.15, -0.1) is 0 Å². The Balaban J connectivity index is 2.53. The van der Waals surface area contributed by atoms with Crippen molar-refractivity contribution in [3.63, 3.8) is 0 Å². The predicted molar refractivity (Wildman–Crippen MR) is 65.0 cm³/mol. The van der Waals surface area contributed by atoms with E-state index in [-0.39, 0.29) is 17.9 Å². The molecule has 19 heavy (non-hydrogen) atoms. The number of aliphatic imine (C=N–C) groups is 1. The molecule has 0 N–H and O–H groups in total. The molecule has 0 saturated carbocycles. The summed E-state index contributed by atoms with van der Waals surface area (Å²) in [6.07, 6.45) is 0. The van der Waals surface area contributed by atoms with Gasteiger partial charge in [0.15, 0.2) is 11.5 Å². The van der Waals surface area contributed by atoms with E-state index >= 15 is 0 Å². The van der Waals surface area contributed by atoms with Gasteiger partial charge >= 0.3 is 11.8 Å². The van der Waals surface area contributed by atoms with E-state index < -0.39 is 28.4 Å². The first kappa shape index (κ1) is 12.9. The molecule has 0 spiro atoms. The summed E-state index contributed by atoms with van der Waals surface area (Å²) in [6.45, 7) is 1.59. The average Bonchev–Trinajstić information content (AvgIpc) is 2.38. The molecule has 7 nitrogen and oxygen atoms in total. The van der Waals surface area contributed by atoms with Gasteiger partial charge in [0.2, 0.25) is 5.92 Å². The Labute approximate surface area is 108 Å². The number of esters is 1. The van der Waals surface area contributed by atoms with Crippen LogP contribution in [0.4, 0.5) is 5.69 Å². The molecule has 1 aromatic rings. The third kappa shape index (κ3) is 2.22. The lowest BCUT2D eigenvalue weighted by molar-refractivity contribution is -0.354. The van der Waals surface area contributed by atoms with E-state index in [1.165, 1.54) is 12.1 Å². The fraction of sp³-hybridized carbons (Fsp3) is 0.250. The highest BCUT2D eigenvalue weighted by Crippen LogP contribution is 2.29. The summed E-state index contributed by atoms with van der Waals surface area (Å²) in [5.74, 6) is -3.89. The first-order chi connectivity index (χ1) is 9.06. The lowest BCUT2D eigenvalue weighted by atomic mass is 9.92. The molecule has 0 aromatic heterocycles. The van der Waals surface area contributed by atoms with Gasteiger partial charge in [0, 0.05) is 0 Å². The maximum atomic E-state index is 12.2. The molecule has 2 rings (SSSR count). The van der Waals surface area contributed by atoms with Gasteiger partial charge in [-0.1, -0.05) is 12.1 Å². The molecule has 1 unspecified atom stereocenters. The van der Waals surface area contributed by atoms with Gasteiger partial charge in [0.25, 0.3) is 0 Å². The van der Waals surface area contributed by atoms with Gasteiger partial charge in [-0.05, 0) is 29.0 Å². The largest absolute Gasteiger partial charge is 0.465 e. The highest BCUT2D eigenvalue weighted by Gasteiger charge is 2.46. The van der Waals surface area contributed by atoms with Crippen molar-refractivity contribution in [1.29, 1.82) is 0 Å². The summed E-state index contributed by atoms with van der Waals surface area (Å²) in [7, 11) is 0. The van der Waals surface area contributed by atoms with E-state index in [1.54, 1.807) is 19.1 Å². The van der Waals surface area contributed by atoms with E-state index in [4.69, 9.17) is 4.74 Å². The zero-order chi connectivity index (χ0) is 14.0. The molecular weight excluding hydrogens is 252 g/mol. The number of hydrogen-bond acceptors (Lipinski definition) is 6. The van der Waals surface area contributed by atoms with Crippen molar-refractivity contribution in [2.75, 3.05) is 6.61 Å². The van der Waals surface area contributed by atoms with Crippen molar-refractivity contribution in [2.45, 2.75) is 6.92 Å². The molecule has 98 valence electrons. The molecular formula is C12H10N2O5. The fourth-order valence-electron chi connectivity index (χ4n) is 1.82. The standard InChI is InChI=1S/C12H10N2O5/c1-2-19-12(16)9-10(15)7-5-3-4-6-8(7)13-11(9)14(17)18/h3-6,9H,2H2,1H3. The molecule has 1 aliphatic heterocycles. The van der Waals surface area contributed by atoms with Gasteiger partial charge in [-0.2, -0.15) is 0 Å². The number of hydrogen-bond donors (Lipinski definition) is 0. The molecule has 1 heterocycles. The van der Waals surface area contributed by atoms with Gasteiger partial charge in [0.05, 0.1) is 12.2 Å². The number of fused-ring (bicyclic) bond motifs is 1. The Kier molecular flexibility index (Phi) is 3.37. The van der Waals surface area contributed by atoms with Crippen molar-refractivity contribution >= 4 is 23.3 Å². The number of nitrogens with zero attached hydrogens (tertiary/aromatic N) is 2. The van der Waals surface area contributed by atoms with Gasteiger partial charge in [0.1, 0.15) is 0 Å². The molecule has 0 fully saturated rings. The van der Waals surface area contributed by atoms with E-state index in [0.29, 0.717) is 0 Å². The van der Waals surface area contributed by atoms with Crippen molar-refractivity contribution < 1.29 is 19.2 Å². The summed E-state index contributed by atoms with van der Waals surface area (Å²) >= 11 is 0. The molecule has 0 saturated heterocycles. The number of amidine groups is 1. The van der Waals surface area contributed by atoms with Crippen molar-refractivity contribution in [2.24, 2.45) is 10.9 Å². The number of carbonyl (C=O) groups is 2. The summed E-state index contributed by atoms with van der Waals surface area (Å²) < 4.78 is 4.70. The summed E-state index contributed by atoms with van der Waals surface area (Å²) in [5.41, 5.74) is 0.380. The number of carbonyl (C=O) groups excluding carboxylic acids is 2. The van der Waals surface area contributed by atoms with Gasteiger partial charge in [-0.3, -0.25) is 9.59 Å². The number of ketones is 1. The van der Waals surface area contributed by atoms with Crippen LogP contribution in [0, 0.1) is 16.0 Å². The van der Waals surface area contributed by atoms with Crippen molar-refractivity contribution in [3.05, 3.63) is 39.9 Å².